The second kappa shape index (κ2) is 8.05. The zero-order valence-corrected chi connectivity index (χ0v) is 16.1. The van der Waals surface area contributed by atoms with E-state index < -0.39 is 92.0 Å². The minimum atomic E-state index is -4.93. The second-order valence-corrected chi connectivity index (χ2v) is 9.09. The molecule has 2 heterocycles. The average molecular weight is 472 g/mol. The van der Waals surface area contributed by atoms with Crippen LogP contribution in [0.2, 0.25) is 0 Å². The third-order valence-corrected chi connectivity index (χ3v) is 5.94. The van der Waals surface area contributed by atoms with Crippen LogP contribution in [0.3, 0.4) is 0 Å². The van der Waals surface area contributed by atoms with Crippen molar-refractivity contribution in [1.82, 2.24) is 10.1 Å². The predicted octanol–water partition coefficient (Wildman–Crippen LogP) is -3.29. The molecule has 0 aliphatic carbocycles. The molecule has 0 aromatic rings. The summed E-state index contributed by atoms with van der Waals surface area (Å²) >= 11 is 0. The Morgan fingerprint density at radius 2 is 1.07 bits per heavy atom. The van der Waals surface area contributed by atoms with Crippen molar-refractivity contribution in [3.8, 4) is 0 Å². The van der Waals surface area contributed by atoms with Crippen LogP contribution in [-0.4, -0.2) is 82.1 Å². The highest BCUT2D eigenvalue weighted by Crippen LogP contribution is 2.21. The van der Waals surface area contributed by atoms with E-state index in [0.29, 0.717) is 0 Å². The van der Waals surface area contributed by atoms with Crippen molar-refractivity contribution in [1.29, 1.82) is 0 Å². The smallest absolute Gasteiger partial charge is 0.330 e. The number of carbonyl (C=O) groups is 6. The first-order valence-electron chi connectivity index (χ1n) is 7.70. The molecule has 2 N–H and O–H groups in total. The SMILES string of the molecule is O=C(CCC(=O)ON1C(=O)C[C@H](S(=O)(=O)O)C1=O)ON1C(=O)C[C@@H](S(=O)(=O)O)C1=O. The lowest BCUT2D eigenvalue weighted by atomic mass is 10.3. The van der Waals surface area contributed by atoms with Crippen molar-refractivity contribution >= 4 is 55.8 Å². The molecule has 30 heavy (non-hydrogen) atoms. The lowest BCUT2D eigenvalue weighted by Gasteiger charge is -2.14. The van der Waals surface area contributed by atoms with Crippen LogP contribution in [0.15, 0.2) is 0 Å². The molecular formula is C12H12N2O14S2. The quantitative estimate of drug-likeness (QED) is 0.273. The maximum Gasteiger partial charge on any atom is 0.333 e. The van der Waals surface area contributed by atoms with E-state index in [2.05, 4.69) is 9.68 Å². The van der Waals surface area contributed by atoms with Crippen LogP contribution < -0.4 is 0 Å². The van der Waals surface area contributed by atoms with Gasteiger partial charge >= 0.3 is 11.9 Å². The summed E-state index contributed by atoms with van der Waals surface area (Å²) in [6.45, 7) is 0. The third-order valence-electron chi connectivity index (χ3n) is 3.76. The first-order chi connectivity index (χ1) is 13.6. The van der Waals surface area contributed by atoms with Gasteiger partial charge in [0.05, 0.1) is 25.7 Å². The molecule has 0 bridgehead atoms. The molecule has 0 unspecified atom stereocenters. The summed E-state index contributed by atoms with van der Waals surface area (Å²) in [6.07, 6.45) is -3.68. The van der Waals surface area contributed by atoms with Crippen molar-refractivity contribution in [2.45, 2.75) is 36.2 Å². The number of hydrogen-bond acceptors (Lipinski definition) is 12. The van der Waals surface area contributed by atoms with E-state index in [-0.39, 0.29) is 10.1 Å². The largest absolute Gasteiger partial charge is 0.333 e. The van der Waals surface area contributed by atoms with Crippen molar-refractivity contribution in [3.05, 3.63) is 0 Å². The van der Waals surface area contributed by atoms with Crippen LogP contribution in [0, 0.1) is 0 Å². The fourth-order valence-corrected chi connectivity index (χ4v) is 3.73. The number of rotatable bonds is 7. The lowest BCUT2D eigenvalue weighted by Crippen LogP contribution is -2.37. The first-order valence-corrected chi connectivity index (χ1v) is 10.7. The summed E-state index contributed by atoms with van der Waals surface area (Å²) in [5.41, 5.74) is 0. The molecule has 2 saturated heterocycles. The highest BCUT2D eigenvalue weighted by Gasteiger charge is 2.49. The summed E-state index contributed by atoms with van der Waals surface area (Å²) < 4.78 is 61.6. The van der Waals surface area contributed by atoms with Gasteiger partial charge in [-0.25, -0.2) is 9.59 Å². The summed E-state index contributed by atoms with van der Waals surface area (Å²) in [7, 11) is -9.85. The zero-order chi connectivity index (χ0) is 23.0. The molecule has 4 amide bonds. The molecular weight excluding hydrogens is 460 g/mol. The average Bonchev–Trinajstić information content (AvgIpc) is 3.04. The molecule has 18 heteroatoms. The summed E-state index contributed by atoms with van der Waals surface area (Å²) in [5, 5.41) is -4.69. The molecule has 2 atom stereocenters. The van der Waals surface area contributed by atoms with E-state index in [9.17, 15) is 45.6 Å². The summed E-state index contributed by atoms with van der Waals surface area (Å²) in [6, 6.07) is 0. The van der Waals surface area contributed by atoms with E-state index in [1.165, 1.54) is 0 Å². The van der Waals surface area contributed by atoms with Gasteiger partial charge in [-0.15, -0.1) is 10.1 Å². The van der Waals surface area contributed by atoms with E-state index in [1.54, 1.807) is 0 Å². The Morgan fingerprint density at radius 3 is 1.30 bits per heavy atom. The van der Waals surface area contributed by atoms with E-state index in [1.807, 2.05) is 0 Å². The van der Waals surface area contributed by atoms with Crippen LogP contribution in [0.4, 0.5) is 0 Å². The number of hydrogen-bond donors (Lipinski definition) is 2. The van der Waals surface area contributed by atoms with Crippen LogP contribution in [0.5, 0.6) is 0 Å². The van der Waals surface area contributed by atoms with Crippen molar-refractivity contribution in [3.63, 3.8) is 0 Å². The highest BCUT2D eigenvalue weighted by atomic mass is 32.2. The summed E-state index contributed by atoms with van der Waals surface area (Å²) in [5.74, 6) is -8.32. The molecule has 2 fully saturated rings. The number of hydroxylamine groups is 4. The third kappa shape index (κ3) is 4.96. The topological polar surface area (TPSA) is 236 Å². The number of nitrogens with zero attached hydrogens (tertiary/aromatic N) is 2. The van der Waals surface area contributed by atoms with E-state index in [4.69, 9.17) is 9.11 Å². The molecule has 2 aliphatic heterocycles. The van der Waals surface area contributed by atoms with Gasteiger partial charge in [-0.3, -0.25) is 28.3 Å². The fraction of sp³-hybridized carbons (Fsp3) is 0.500. The lowest BCUT2D eigenvalue weighted by molar-refractivity contribution is -0.201. The van der Waals surface area contributed by atoms with Gasteiger partial charge in [0, 0.05) is 0 Å². The van der Waals surface area contributed by atoms with Gasteiger partial charge in [0.25, 0.3) is 43.9 Å². The van der Waals surface area contributed by atoms with Gasteiger partial charge in [-0.1, -0.05) is 0 Å². The predicted molar refractivity (Wildman–Crippen MR) is 85.0 cm³/mol. The molecule has 0 spiro atoms. The fourth-order valence-electron chi connectivity index (χ4n) is 2.32. The molecule has 0 aromatic carbocycles. The van der Waals surface area contributed by atoms with E-state index in [0.717, 1.165) is 0 Å². The monoisotopic (exact) mass is 472 g/mol. The molecule has 0 saturated carbocycles. The first kappa shape index (κ1) is 23.3. The van der Waals surface area contributed by atoms with Gasteiger partial charge in [-0.05, 0) is 0 Å². The molecule has 166 valence electrons. The minimum absolute atomic E-state index is 0.198. The number of amides is 4. The van der Waals surface area contributed by atoms with Crippen molar-refractivity contribution in [2.24, 2.45) is 0 Å². The zero-order valence-electron chi connectivity index (χ0n) is 14.5. The Hall–Kier alpha value is -2.96. The Bertz CT molecular complexity index is 961. The maximum atomic E-state index is 11.7. The van der Waals surface area contributed by atoms with Gasteiger partial charge in [0.1, 0.15) is 0 Å². The molecule has 2 aliphatic rings. The highest BCUT2D eigenvalue weighted by molar-refractivity contribution is 7.87. The van der Waals surface area contributed by atoms with Crippen LogP contribution in [0.25, 0.3) is 0 Å². The van der Waals surface area contributed by atoms with Gasteiger partial charge in [-0.2, -0.15) is 16.8 Å². The van der Waals surface area contributed by atoms with Gasteiger partial charge < -0.3 is 9.68 Å². The second-order valence-electron chi connectivity index (χ2n) is 5.89. The van der Waals surface area contributed by atoms with Gasteiger partial charge in [0.15, 0.2) is 10.5 Å². The van der Waals surface area contributed by atoms with E-state index >= 15 is 0 Å². The maximum absolute atomic E-state index is 11.7. The normalized spacial score (nSPS) is 22.6. The van der Waals surface area contributed by atoms with Crippen molar-refractivity contribution in [2.75, 3.05) is 0 Å². The minimum Gasteiger partial charge on any atom is -0.330 e. The molecule has 16 nitrogen and oxygen atoms in total. The van der Waals surface area contributed by atoms with Gasteiger partial charge in [0.2, 0.25) is 0 Å². The Morgan fingerprint density at radius 1 is 0.767 bits per heavy atom. The van der Waals surface area contributed by atoms with Crippen LogP contribution in [-0.2, 0) is 58.7 Å². The molecule has 0 aromatic heterocycles. The number of imide groups is 2. The number of carbonyl (C=O) groups excluding carboxylic acids is 6. The Balaban J connectivity index is 1.89. The van der Waals surface area contributed by atoms with Crippen molar-refractivity contribution < 1.29 is 64.4 Å². The standard InChI is InChI=1S/C12H12N2O14S2/c15-7-3-5(29(21,22)23)11(19)13(7)27-9(17)1-2-10(18)28-14-8(16)4-6(12(14)20)30(24,25)26/h5-6H,1-4H2,(H,21,22,23)(H,24,25,26)/t5-,6+. The Labute approximate surface area is 167 Å². The van der Waals surface area contributed by atoms with Crippen LogP contribution >= 0.6 is 0 Å². The molecule has 2 rings (SSSR count). The molecule has 0 radical (unpaired) electrons. The summed E-state index contributed by atoms with van der Waals surface area (Å²) in [4.78, 5) is 78.5. The Kier molecular flexibility index (Phi) is 6.26. The van der Waals surface area contributed by atoms with Crippen LogP contribution in [0.1, 0.15) is 25.7 Å².